The van der Waals surface area contributed by atoms with Crippen LogP contribution in [0.2, 0.25) is 0 Å². The van der Waals surface area contributed by atoms with Crippen LogP contribution < -0.4 is 0 Å². The number of aliphatic hydroxyl groups is 1. The fourth-order valence-corrected chi connectivity index (χ4v) is 4.36. The molecule has 0 aliphatic carbocycles. The first-order valence-electron chi connectivity index (χ1n) is 9.32. The Morgan fingerprint density at radius 2 is 2.20 bits per heavy atom. The van der Waals surface area contributed by atoms with Crippen LogP contribution in [0.3, 0.4) is 0 Å². The highest BCUT2D eigenvalue weighted by atomic mass is 32.1. The number of nitrogens with zero attached hydrogens (tertiary/aromatic N) is 4. The lowest BCUT2D eigenvalue weighted by Crippen LogP contribution is -2.52. The molecular formula is C19H30N4OS. The third-order valence-corrected chi connectivity index (χ3v) is 5.85. The molecule has 0 saturated carbocycles. The molecule has 3 heterocycles. The summed E-state index contributed by atoms with van der Waals surface area (Å²) in [5.41, 5.74) is 2.48. The van der Waals surface area contributed by atoms with Gasteiger partial charge in [-0.25, -0.2) is 0 Å². The van der Waals surface area contributed by atoms with Gasteiger partial charge in [-0.2, -0.15) is 5.10 Å². The highest BCUT2D eigenvalue weighted by Gasteiger charge is 2.27. The monoisotopic (exact) mass is 362 g/mol. The van der Waals surface area contributed by atoms with Gasteiger partial charge >= 0.3 is 0 Å². The van der Waals surface area contributed by atoms with Crippen LogP contribution in [0, 0.1) is 6.92 Å². The Balaban J connectivity index is 1.61. The van der Waals surface area contributed by atoms with Gasteiger partial charge in [0.25, 0.3) is 0 Å². The number of hydrogen-bond donors (Lipinski definition) is 1. The van der Waals surface area contributed by atoms with E-state index < -0.39 is 0 Å². The molecule has 5 nitrogen and oxygen atoms in total. The molecular weight excluding hydrogens is 332 g/mol. The highest BCUT2D eigenvalue weighted by molar-refractivity contribution is 7.09. The second-order valence-corrected chi connectivity index (χ2v) is 7.99. The predicted molar refractivity (Wildman–Crippen MR) is 103 cm³/mol. The van der Waals surface area contributed by atoms with Gasteiger partial charge in [-0.3, -0.25) is 14.5 Å². The first-order valence-corrected chi connectivity index (χ1v) is 10.2. The molecule has 1 N–H and O–H groups in total. The van der Waals surface area contributed by atoms with Crippen LogP contribution in [0.4, 0.5) is 0 Å². The Morgan fingerprint density at radius 1 is 1.32 bits per heavy atom. The van der Waals surface area contributed by atoms with E-state index in [9.17, 15) is 5.11 Å². The summed E-state index contributed by atoms with van der Waals surface area (Å²) in [5.74, 6) is 0. The van der Waals surface area contributed by atoms with Gasteiger partial charge in [-0.15, -0.1) is 11.3 Å². The number of aryl methyl sites for hydroxylation is 2. The van der Waals surface area contributed by atoms with E-state index in [1.165, 1.54) is 10.4 Å². The summed E-state index contributed by atoms with van der Waals surface area (Å²) in [4.78, 5) is 6.46. The molecule has 1 fully saturated rings. The predicted octanol–water partition coefficient (Wildman–Crippen LogP) is 2.73. The SMILES string of the molecule is CCCn1cc(CN2CCN(Cc3cccs3)C(CCO)C2)c(C)n1. The molecule has 1 aliphatic heterocycles. The zero-order valence-electron chi connectivity index (χ0n) is 15.4. The standard InChI is InChI=1S/C19H30N4OS/c1-3-7-23-13-17(16(2)20-23)12-21-8-9-22(18(14-21)6-10-24)15-19-5-4-11-25-19/h4-5,11,13,18,24H,3,6-10,12,14-15H2,1-2H3. The van der Waals surface area contributed by atoms with Crippen molar-refractivity contribution in [2.24, 2.45) is 0 Å². The van der Waals surface area contributed by atoms with Crippen LogP contribution in [0.1, 0.15) is 35.9 Å². The van der Waals surface area contributed by atoms with Crippen molar-refractivity contribution in [3.05, 3.63) is 39.8 Å². The lowest BCUT2D eigenvalue weighted by atomic mass is 10.1. The van der Waals surface area contributed by atoms with Gasteiger partial charge in [-0.1, -0.05) is 13.0 Å². The number of piperazine rings is 1. The van der Waals surface area contributed by atoms with E-state index in [0.29, 0.717) is 6.04 Å². The minimum absolute atomic E-state index is 0.257. The maximum absolute atomic E-state index is 9.49. The van der Waals surface area contributed by atoms with Crippen LogP contribution in [0.5, 0.6) is 0 Å². The molecule has 1 saturated heterocycles. The minimum Gasteiger partial charge on any atom is -0.396 e. The Bertz CT molecular complexity index is 640. The summed E-state index contributed by atoms with van der Waals surface area (Å²) in [7, 11) is 0. The average Bonchev–Trinajstić information content (AvgIpc) is 3.21. The lowest BCUT2D eigenvalue weighted by molar-refractivity contribution is 0.0505. The first kappa shape index (κ1) is 18.6. The molecule has 6 heteroatoms. The Labute approximate surface area is 154 Å². The van der Waals surface area contributed by atoms with Crippen molar-refractivity contribution < 1.29 is 5.11 Å². The van der Waals surface area contributed by atoms with Gasteiger partial charge in [0.2, 0.25) is 0 Å². The minimum atomic E-state index is 0.257. The van der Waals surface area contributed by atoms with Gasteiger partial charge in [0.05, 0.1) is 5.69 Å². The molecule has 25 heavy (non-hydrogen) atoms. The molecule has 2 aromatic heterocycles. The normalized spacial score (nSPS) is 19.6. The summed E-state index contributed by atoms with van der Waals surface area (Å²) < 4.78 is 2.07. The summed E-state index contributed by atoms with van der Waals surface area (Å²) in [6, 6.07) is 4.75. The molecule has 3 rings (SSSR count). The number of aliphatic hydroxyl groups excluding tert-OH is 1. The molecule has 0 spiro atoms. The topological polar surface area (TPSA) is 44.5 Å². The Kier molecular flexibility index (Phi) is 6.64. The molecule has 1 unspecified atom stereocenters. The molecule has 2 aromatic rings. The van der Waals surface area contributed by atoms with Crippen LogP contribution >= 0.6 is 11.3 Å². The highest BCUT2D eigenvalue weighted by Crippen LogP contribution is 2.21. The van der Waals surface area contributed by atoms with Crippen LogP contribution in [-0.4, -0.2) is 57.0 Å². The zero-order chi connectivity index (χ0) is 17.6. The van der Waals surface area contributed by atoms with E-state index in [4.69, 9.17) is 0 Å². The molecule has 0 radical (unpaired) electrons. The summed E-state index contributed by atoms with van der Waals surface area (Å²) in [6.07, 6.45) is 4.16. The van der Waals surface area contributed by atoms with Crippen molar-refractivity contribution in [1.82, 2.24) is 19.6 Å². The first-order chi connectivity index (χ1) is 12.2. The fraction of sp³-hybridized carbons (Fsp3) is 0.632. The third kappa shape index (κ3) is 4.91. The molecule has 1 aliphatic rings. The second kappa shape index (κ2) is 8.94. The van der Waals surface area contributed by atoms with Crippen molar-refractivity contribution in [2.75, 3.05) is 26.2 Å². The smallest absolute Gasteiger partial charge is 0.0638 e. The van der Waals surface area contributed by atoms with E-state index in [-0.39, 0.29) is 6.61 Å². The fourth-order valence-electron chi connectivity index (χ4n) is 3.63. The van der Waals surface area contributed by atoms with E-state index in [2.05, 4.69) is 57.1 Å². The number of aromatic nitrogens is 2. The summed E-state index contributed by atoms with van der Waals surface area (Å²) in [5, 5.41) is 16.3. The molecule has 0 bridgehead atoms. The van der Waals surface area contributed by atoms with E-state index >= 15 is 0 Å². The molecule has 1 atom stereocenters. The maximum Gasteiger partial charge on any atom is 0.0638 e. The summed E-state index contributed by atoms with van der Waals surface area (Å²) in [6.45, 7) is 10.7. The van der Waals surface area contributed by atoms with Crippen molar-refractivity contribution in [3.63, 3.8) is 0 Å². The Hall–Kier alpha value is -1.21. The average molecular weight is 363 g/mol. The van der Waals surface area contributed by atoms with Crippen molar-refractivity contribution in [3.8, 4) is 0 Å². The summed E-state index contributed by atoms with van der Waals surface area (Å²) >= 11 is 1.82. The van der Waals surface area contributed by atoms with Crippen LogP contribution in [0.25, 0.3) is 0 Å². The molecule has 138 valence electrons. The van der Waals surface area contributed by atoms with Crippen LogP contribution in [0.15, 0.2) is 23.7 Å². The van der Waals surface area contributed by atoms with Gasteiger partial charge in [0.15, 0.2) is 0 Å². The molecule has 0 aromatic carbocycles. The van der Waals surface area contributed by atoms with Gasteiger partial charge < -0.3 is 5.11 Å². The zero-order valence-corrected chi connectivity index (χ0v) is 16.2. The molecule has 0 amide bonds. The largest absolute Gasteiger partial charge is 0.396 e. The second-order valence-electron chi connectivity index (χ2n) is 6.95. The quantitative estimate of drug-likeness (QED) is 0.784. The lowest BCUT2D eigenvalue weighted by Gasteiger charge is -2.41. The van der Waals surface area contributed by atoms with E-state index in [0.717, 1.165) is 57.8 Å². The van der Waals surface area contributed by atoms with Crippen molar-refractivity contribution >= 4 is 11.3 Å². The Morgan fingerprint density at radius 3 is 2.92 bits per heavy atom. The van der Waals surface area contributed by atoms with E-state index in [1.807, 2.05) is 11.3 Å². The number of rotatable bonds is 8. The van der Waals surface area contributed by atoms with Gasteiger partial charge in [0.1, 0.15) is 0 Å². The number of thiophene rings is 1. The van der Waals surface area contributed by atoms with Crippen molar-refractivity contribution in [1.29, 1.82) is 0 Å². The van der Waals surface area contributed by atoms with Gasteiger partial charge in [-0.05, 0) is 31.2 Å². The van der Waals surface area contributed by atoms with E-state index in [1.54, 1.807) is 0 Å². The van der Waals surface area contributed by atoms with Gasteiger partial charge in [0, 0.05) is 68.6 Å². The van der Waals surface area contributed by atoms with Crippen LogP contribution in [-0.2, 0) is 19.6 Å². The third-order valence-electron chi connectivity index (χ3n) is 4.98. The van der Waals surface area contributed by atoms with Crippen molar-refractivity contribution in [2.45, 2.75) is 52.4 Å². The number of hydrogen-bond acceptors (Lipinski definition) is 5. The maximum atomic E-state index is 9.49.